The summed E-state index contributed by atoms with van der Waals surface area (Å²) < 4.78 is 1.08. The number of pyridine rings is 4. The number of rotatable bonds is 17. The molecule has 0 saturated carbocycles. The minimum atomic E-state index is -1.68. The van der Waals surface area contributed by atoms with Crippen LogP contribution < -0.4 is 20.6 Å². The number of nitrogens with one attached hydrogen (secondary N) is 1. The summed E-state index contributed by atoms with van der Waals surface area (Å²) in [6, 6.07) is 124. The van der Waals surface area contributed by atoms with Gasteiger partial charge in [-0.1, -0.05) is 322 Å². The van der Waals surface area contributed by atoms with E-state index in [4.69, 9.17) is 19.9 Å². The predicted molar refractivity (Wildman–Crippen MR) is 472 cm³/mol. The van der Waals surface area contributed by atoms with Crippen molar-refractivity contribution in [2.75, 3.05) is 10.2 Å². The van der Waals surface area contributed by atoms with Crippen LogP contribution in [0.2, 0.25) is 39.3 Å². The first-order valence-electron chi connectivity index (χ1n) is 37.2. The molecule has 0 aliphatic rings. The van der Waals surface area contributed by atoms with Gasteiger partial charge in [0.05, 0.1) is 44.6 Å². The second-order valence-electron chi connectivity index (χ2n) is 29.4. The summed E-state index contributed by atoms with van der Waals surface area (Å²) in [5, 5.41) is 6.38. The van der Waals surface area contributed by atoms with Crippen LogP contribution in [0.4, 0.5) is 28.4 Å². The number of benzene rings is 12. The molecule has 6 nitrogen and oxygen atoms in total. The van der Waals surface area contributed by atoms with Crippen molar-refractivity contribution >= 4 is 70.9 Å². The Bertz CT molecular complexity index is 5770. The molecule has 0 radical (unpaired) electrons. The van der Waals surface area contributed by atoms with Gasteiger partial charge < -0.3 is 10.2 Å². The molecule has 109 heavy (non-hydrogen) atoms. The number of anilines is 5. The molecule has 0 spiro atoms. The number of halogens is 1. The van der Waals surface area contributed by atoms with E-state index in [0.29, 0.717) is 0 Å². The lowest BCUT2D eigenvalue weighted by Crippen LogP contribution is -2.39. The molecule has 9 heteroatoms. The van der Waals surface area contributed by atoms with Gasteiger partial charge in [-0.2, -0.15) is 0 Å². The van der Waals surface area contributed by atoms with Crippen LogP contribution in [0.5, 0.6) is 0 Å². The van der Waals surface area contributed by atoms with E-state index in [1.54, 1.807) is 0 Å². The van der Waals surface area contributed by atoms with E-state index in [0.717, 1.165) is 94.6 Å². The Balaban J connectivity index is 0.000000152. The third-order valence-electron chi connectivity index (χ3n) is 19.6. The van der Waals surface area contributed by atoms with Gasteiger partial charge in [-0.05, 0) is 176 Å². The topological polar surface area (TPSA) is 66.8 Å². The minimum absolute atomic E-state index is 0.937. The van der Waals surface area contributed by atoms with Gasteiger partial charge in [-0.25, -0.2) is 0 Å². The highest BCUT2D eigenvalue weighted by molar-refractivity contribution is 9.10. The van der Waals surface area contributed by atoms with Crippen molar-refractivity contribution in [3.8, 4) is 112 Å². The Hall–Kier alpha value is -12.2. The summed E-state index contributed by atoms with van der Waals surface area (Å²) in [5.41, 5.74) is 30.4. The number of hydrogen-bond donors (Lipinski definition) is 1. The smallest absolute Gasteiger partial charge is 0.0804 e. The Morgan fingerprint density at radius 1 is 0.266 bits per heavy atom. The molecule has 12 aromatic carbocycles. The highest BCUT2D eigenvalue weighted by Crippen LogP contribution is 2.44. The second-order valence-corrected chi connectivity index (χ2v) is 40.4. The summed E-state index contributed by atoms with van der Waals surface area (Å²) in [6.45, 7) is 18.5. The molecule has 0 aliphatic heterocycles. The number of nitrogens with zero attached hydrogens (tertiary/aromatic N) is 5. The first-order chi connectivity index (χ1) is 53.1. The average Bonchev–Trinajstić information content (AvgIpc) is 0.771. The van der Waals surface area contributed by atoms with E-state index in [1.807, 2.05) is 30.6 Å². The van der Waals surface area contributed by atoms with Gasteiger partial charge in [-0.15, -0.1) is 0 Å². The summed E-state index contributed by atoms with van der Waals surface area (Å²) in [6.07, 6.45) is 8.16. The standard InChI is InChI=1S/C50H43N3Si.C30H24N2.C20H20BrNSi/c1-36-34-51-47(32-45(36)38-20-10-6-11-21-38)40-24-16-26-42(30-40)53(49-29-15-14-28-44(49)37-18-8-5-9-19-37)43-27-17-25-41(31-43)48-33-46(39-22-12-7-13-23-39)50(35-52-48)54(2,3)4;1-22-21-31-30(20-28(22)24-13-6-3-7-14-24)25-15-10-16-26(19-25)32-29-18-9-8-17-27(29)23-11-4-2-5-12-23;1-23(2,3)20-14-22-19(16-10-7-11-17(21)12-16)13-18(20)15-8-5-4-6-9-15/h5-35H,1-4H3;2-21,32H,1H3;4-14H,1-3H3. The highest BCUT2D eigenvalue weighted by atomic mass is 79.9. The van der Waals surface area contributed by atoms with Gasteiger partial charge in [0.2, 0.25) is 0 Å². The van der Waals surface area contributed by atoms with E-state index < -0.39 is 16.1 Å². The van der Waals surface area contributed by atoms with Gasteiger partial charge in [-0.3, -0.25) is 19.9 Å². The Labute approximate surface area is 653 Å². The van der Waals surface area contributed by atoms with E-state index >= 15 is 0 Å². The van der Waals surface area contributed by atoms with Crippen LogP contribution in [-0.2, 0) is 0 Å². The van der Waals surface area contributed by atoms with E-state index in [9.17, 15) is 0 Å². The lowest BCUT2D eigenvalue weighted by Gasteiger charge is -2.29. The molecule has 0 saturated heterocycles. The monoisotopic (exact) mass is 1510 g/mol. The summed E-state index contributed by atoms with van der Waals surface area (Å²) in [4.78, 5) is 21.9. The van der Waals surface area contributed by atoms with Gasteiger partial charge in [0.15, 0.2) is 0 Å². The molecular formula is C100H87BrN6Si2. The highest BCUT2D eigenvalue weighted by Gasteiger charge is 2.26. The third-order valence-corrected chi connectivity index (χ3v) is 24.1. The molecule has 0 aliphatic carbocycles. The van der Waals surface area contributed by atoms with Crippen molar-refractivity contribution in [2.24, 2.45) is 0 Å². The zero-order valence-corrected chi connectivity index (χ0v) is 66.5. The van der Waals surface area contributed by atoms with Crippen LogP contribution >= 0.6 is 15.9 Å². The van der Waals surface area contributed by atoms with Crippen LogP contribution in [0.25, 0.3) is 112 Å². The van der Waals surface area contributed by atoms with Crippen molar-refractivity contribution in [3.63, 3.8) is 0 Å². The number of aromatic nitrogens is 4. The maximum Gasteiger partial charge on any atom is 0.0804 e. The maximum absolute atomic E-state index is 5.11. The number of para-hydroxylation sites is 2. The van der Waals surface area contributed by atoms with E-state index in [1.165, 1.54) is 71.6 Å². The average molecular weight is 1510 g/mol. The largest absolute Gasteiger partial charge is 0.355 e. The van der Waals surface area contributed by atoms with Crippen molar-refractivity contribution in [3.05, 3.63) is 392 Å². The molecule has 16 rings (SSSR count). The molecule has 1 N–H and O–H groups in total. The molecule has 0 bridgehead atoms. The van der Waals surface area contributed by atoms with Gasteiger partial charge in [0.1, 0.15) is 0 Å². The van der Waals surface area contributed by atoms with E-state index in [-0.39, 0.29) is 0 Å². The fraction of sp³-hybridized carbons (Fsp3) is 0.0800. The van der Waals surface area contributed by atoms with Crippen LogP contribution in [0.3, 0.4) is 0 Å². The van der Waals surface area contributed by atoms with E-state index in [2.05, 4.69) is 425 Å². The number of aryl methyl sites for hydroxylation is 2. The zero-order valence-electron chi connectivity index (χ0n) is 62.9. The molecule has 0 amide bonds. The lowest BCUT2D eigenvalue weighted by atomic mass is 9.98. The molecule has 0 unspecified atom stereocenters. The molecule has 0 fully saturated rings. The van der Waals surface area contributed by atoms with Gasteiger partial charge in [0, 0.05) is 85.4 Å². The first-order valence-corrected chi connectivity index (χ1v) is 44.9. The maximum atomic E-state index is 5.11. The second kappa shape index (κ2) is 33.7. The third kappa shape index (κ3) is 17.8. The minimum Gasteiger partial charge on any atom is -0.355 e. The van der Waals surface area contributed by atoms with Crippen LogP contribution in [0, 0.1) is 13.8 Å². The normalized spacial score (nSPS) is 11.2. The molecule has 532 valence electrons. The van der Waals surface area contributed by atoms with Crippen molar-refractivity contribution in [1.82, 2.24) is 19.9 Å². The van der Waals surface area contributed by atoms with Crippen molar-refractivity contribution < 1.29 is 0 Å². The first kappa shape index (κ1) is 73.6. The molecule has 16 aromatic rings. The summed E-state index contributed by atoms with van der Waals surface area (Å²) in [5.74, 6) is 0. The van der Waals surface area contributed by atoms with Crippen LogP contribution in [0.1, 0.15) is 11.1 Å². The Kier molecular flexibility index (Phi) is 22.8. The predicted octanol–water partition coefficient (Wildman–Crippen LogP) is 27.0. The van der Waals surface area contributed by atoms with Crippen LogP contribution in [-0.4, -0.2) is 36.1 Å². The molecule has 0 atom stereocenters. The summed E-state index contributed by atoms with van der Waals surface area (Å²) in [7, 11) is -3.14. The molecular weight excluding hydrogens is 1420 g/mol. The zero-order chi connectivity index (χ0) is 75.3. The van der Waals surface area contributed by atoms with Crippen molar-refractivity contribution in [1.29, 1.82) is 0 Å². The fourth-order valence-electron chi connectivity index (χ4n) is 13.9. The quantitative estimate of drug-likeness (QED) is 0.0917. The fourth-order valence-corrected chi connectivity index (χ4v) is 17.3. The number of hydrogen-bond acceptors (Lipinski definition) is 6. The summed E-state index contributed by atoms with van der Waals surface area (Å²) >= 11 is 3.55. The lowest BCUT2D eigenvalue weighted by molar-refractivity contribution is 1.25. The Morgan fingerprint density at radius 3 is 1.00 bits per heavy atom. The van der Waals surface area contributed by atoms with Gasteiger partial charge in [0.25, 0.3) is 0 Å². The van der Waals surface area contributed by atoms with Crippen LogP contribution in [0.15, 0.2) is 381 Å². The SMILES string of the molecule is C[Si](C)(C)c1cnc(-c2cccc(Br)c2)cc1-c1ccccc1.Cc1cnc(-c2cccc(N(c3cccc(-c4cc(-c5ccccc5)c([Si](C)(C)C)cn4)c3)c3ccccc3-c3ccccc3)c2)cc1-c1ccccc1.Cc1cnc(-c2cccc(Nc3ccccc3-c3ccccc3)c2)cc1-c1ccccc1. The Morgan fingerprint density at radius 2 is 0.578 bits per heavy atom. The van der Waals surface area contributed by atoms with Crippen molar-refractivity contribution in [2.45, 2.75) is 53.1 Å². The molecule has 4 heterocycles. The van der Waals surface area contributed by atoms with Gasteiger partial charge >= 0.3 is 0 Å². The molecule has 4 aromatic heterocycles.